The second-order valence-electron chi connectivity index (χ2n) is 16.1. The Morgan fingerprint density at radius 3 is 1.62 bits per heavy atom. The summed E-state index contributed by atoms with van der Waals surface area (Å²) >= 11 is 3.29. The molecule has 0 aliphatic heterocycles. The minimum atomic E-state index is -1.25. The van der Waals surface area contributed by atoms with E-state index in [4.69, 9.17) is 9.47 Å². The van der Waals surface area contributed by atoms with Crippen LogP contribution in [0.1, 0.15) is 30.5 Å². The molecule has 328 valence electrons. The summed E-state index contributed by atoms with van der Waals surface area (Å²) in [7, 11) is 0.631. The van der Waals surface area contributed by atoms with Gasteiger partial charge in [0.15, 0.2) is 22.3 Å². The molecule has 21 heteroatoms. The van der Waals surface area contributed by atoms with Gasteiger partial charge in [-0.25, -0.2) is 19.6 Å². The van der Waals surface area contributed by atoms with Crippen LogP contribution in [0.25, 0.3) is 22.3 Å². The molecule has 0 aliphatic carbocycles. The van der Waals surface area contributed by atoms with Crippen LogP contribution in [0.15, 0.2) is 68.0 Å². The normalized spacial score (nSPS) is 11.5. The van der Waals surface area contributed by atoms with Gasteiger partial charge in [0.2, 0.25) is 0 Å². The van der Waals surface area contributed by atoms with E-state index in [9.17, 15) is 29.4 Å². The number of pyridine rings is 2. The van der Waals surface area contributed by atoms with Crippen LogP contribution in [0.5, 0.6) is 0 Å². The highest BCUT2D eigenvalue weighted by atomic mass is 79.9. The number of imidazole rings is 2. The second kappa shape index (κ2) is 22.3. The van der Waals surface area contributed by atoms with Crippen LogP contribution in [-0.4, -0.2) is 87.3 Å². The van der Waals surface area contributed by atoms with Crippen molar-refractivity contribution in [2.45, 2.75) is 97.3 Å². The minimum Gasteiger partial charge on any atom is -0.388 e. The van der Waals surface area contributed by atoms with Crippen molar-refractivity contribution < 1.29 is 19.7 Å². The number of rotatable bonds is 15. The summed E-state index contributed by atoms with van der Waals surface area (Å²) in [6, 6.07) is 13.2. The molecule has 6 aromatic rings. The minimum absolute atomic E-state index is 0. The van der Waals surface area contributed by atoms with Crippen LogP contribution in [0, 0.1) is 0 Å². The largest absolute Gasteiger partial charge is 0.388 e. The number of aromatic amines is 1. The summed E-state index contributed by atoms with van der Waals surface area (Å²) in [6.45, 7) is 14.3. The number of aryl methyl sites for hydroxylation is 2. The number of nitrogens with zero attached hydrogens (tertiary/aromatic N) is 9. The van der Waals surface area contributed by atoms with Crippen molar-refractivity contribution in [1.29, 1.82) is 0 Å². The number of alkyl halides is 1. The van der Waals surface area contributed by atoms with Crippen LogP contribution in [0.3, 0.4) is 0 Å². The van der Waals surface area contributed by atoms with Gasteiger partial charge in [-0.3, -0.25) is 47.4 Å². The molecule has 6 heterocycles. The van der Waals surface area contributed by atoms with E-state index in [-0.39, 0.29) is 68.8 Å². The molecule has 0 spiro atoms. The number of aliphatic hydroxyl groups is 2. The molecule has 18 nitrogen and oxygen atoms in total. The molecule has 0 bridgehead atoms. The van der Waals surface area contributed by atoms with E-state index in [1.54, 1.807) is 42.2 Å². The van der Waals surface area contributed by atoms with Crippen molar-refractivity contribution in [2.75, 3.05) is 13.2 Å². The predicted octanol–water partition coefficient (Wildman–Crippen LogP) is 3.99. The average molecular weight is 932 g/mol. The van der Waals surface area contributed by atoms with Crippen LogP contribution >= 0.6 is 15.9 Å². The average Bonchev–Trinajstić information content (AvgIpc) is 3.77. The number of aliphatic hydroxyl groups excluding tert-OH is 2. The van der Waals surface area contributed by atoms with E-state index >= 15 is 0 Å². The zero-order chi connectivity index (χ0) is 43.5. The summed E-state index contributed by atoms with van der Waals surface area (Å²) in [4.78, 5) is 68.5. The Balaban J connectivity index is 0.000000273. The van der Waals surface area contributed by atoms with Gasteiger partial charge in [0, 0.05) is 61.2 Å². The van der Waals surface area contributed by atoms with Gasteiger partial charge in [-0.2, -0.15) is 0 Å². The van der Waals surface area contributed by atoms with Gasteiger partial charge in [-0.15, -0.1) is 0 Å². The number of fused-ring (bicyclic) bond motifs is 2. The third-order valence-electron chi connectivity index (χ3n) is 9.02. The zero-order valence-electron chi connectivity index (χ0n) is 34.9. The van der Waals surface area contributed by atoms with Gasteiger partial charge in [-0.1, -0.05) is 74.8 Å². The highest BCUT2D eigenvalue weighted by Crippen LogP contribution is 2.15. The molecule has 0 saturated carbocycles. The number of nitrogens with one attached hydrogen (secondary N) is 1. The van der Waals surface area contributed by atoms with Crippen LogP contribution in [0.2, 0.25) is 51.4 Å². The zero-order valence-corrected chi connectivity index (χ0v) is 38.5. The Morgan fingerprint density at radius 1 is 0.700 bits per heavy atom. The van der Waals surface area contributed by atoms with Gasteiger partial charge in [0.1, 0.15) is 38.3 Å². The topological polar surface area (TPSA) is 219 Å². The highest BCUT2D eigenvalue weighted by molar-refractivity contribution is 9.08. The monoisotopic (exact) mass is 930 g/mol. The lowest BCUT2D eigenvalue weighted by Gasteiger charge is -2.16. The molecule has 0 radical (unpaired) electrons. The number of ether oxygens (including phenoxy) is 2. The molecule has 6 aromatic heterocycles. The lowest BCUT2D eigenvalue weighted by atomic mass is 10.3. The van der Waals surface area contributed by atoms with E-state index in [0.29, 0.717) is 24.7 Å². The SMILES string of the molecule is BrCc1ccccn1.C.Cn1c(=O)[nH]c(=O)c2c1nc(CO)n2COCC[Si](C)(C)C.Cn1c(=O)n(Cc2ccccn2)c(=O)c2c1nc(CO)n2COCC[Si](C)(C)C. The fourth-order valence-corrected chi connectivity index (χ4v) is 7.40. The summed E-state index contributed by atoms with van der Waals surface area (Å²) in [6.07, 6.45) is 3.40. The molecule has 60 heavy (non-hydrogen) atoms. The summed E-state index contributed by atoms with van der Waals surface area (Å²) < 4.78 is 18.2. The fourth-order valence-electron chi connectivity index (χ4n) is 5.55. The number of aromatic nitrogens is 10. The van der Waals surface area contributed by atoms with E-state index in [2.05, 4.69) is 80.1 Å². The van der Waals surface area contributed by atoms with Gasteiger partial charge in [0.05, 0.1) is 17.9 Å². The Bertz CT molecular complexity index is 2540. The molecule has 0 saturated heterocycles. The maximum Gasteiger partial charge on any atom is 0.332 e. The Hall–Kier alpha value is -4.65. The van der Waals surface area contributed by atoms with Gasteiger partial charge >= 0.3 is 11.4 Å². The molecular weight excluding hydrogens is 873 g/mol. The third-order valence-corrected chi connectivity index (χ3v) is 13.0. The van der Waals surface area contributed by atoms with Crippen molar-refractivity contribution in [3.8, 4) is 0 Å². The van der Waals surface area contributed by atoms with Crippen molar-refractivity contribution in [3.63, 3.8) is 0 Å². The fraction of sp³-hybridized carbons (Fsp3) is 0.487. The predicted molar refractivity (Wildman–Crippen MR) is 242 cm³/mol. The molecule has 3 N–H and O–H groups in total. The molecule has 0 unspecified atom stereocenters. The quantitative estimate of drug-likeness (QED) is 0.0757. The molecule has 0 aliphatic rings. The number of H-pyrrole nitrogens is 1. The lowest BCUT2D eigenvalue weighted by molar-refractivity contribution is 0.0843. The standard InChI is InChI=1S/C19H27N5O4Si.C13H22N4O4Si.C6H6BrN.CH4/c1-22-17-16(18(26)23(19(22)27)11-14-7-5-6-8-20-14)24(15(12-25)21-17)13-28-9-10-29(2,3)4;1-16-11-10(12(19)15-13(16)20)17(9(7-18)14-11)8-21-5-6-22(2,3)4;7-5-6-3-1-2-4-8-6;/h5-8,25H,9-13H2,1-4H3;18H,5-8H2,1-4H3,(H,15,19,20);1-4H,5H2;1H4. The highest BCUT2D eigenvalue weighted by Gasteiger charge is 2.21. The summed E-state index contributed by atoms with van der Waals surface area (Å²) in [5.74, 6) is 0.588. The van der Waals surface area contributed by atoms with Gasteiger partial charge < -0.3 is 19.7 Å². The van der Waals surface area contributed by atoms with E-state index in [1.165, 1.54) is 20.7 Å². The van der Waals surface area contributed by atoms with Crippen molar-refractivity contribution in [1.82, 2.24) is 47.8 Å². The van der Waals surface area contributed by atoms with Crippen LogP contribution < -0.4 is 22.5 Å². The Kier molecular flexibility index (Phi) is 18.5. The van der Waals surface area contributed by atoms with Gasteiger partial charge in [-0.05, 0) is 36.4 Å². The Labute approximate surface area is 358 Å². The van der Waals surface area contributed by atoms with E-state index < -0.39 is 38.6 Å². The molecule has 0 amide bonds. The maximum absolute atomic E-state index is 13.2. The van der Waals surface area contributed by atoms with Crippen LogP contribution in [0.4, 0.5) is 0 Å². The first-order valence-corrected chi connectivity index (χ1v) is 27.5. The second-order valence-corrected chi connectivity index (χ2v) is 27.9. The smallest absolute Gasteiger partial charge is 0.332 e. The Morgan fingerprint density at radius 2 is 1.18 bits per heavy atom. The molecule has 0 aromatic carbocycles. The maximum atomic E-state index is 13.2. The first-order valence-electron chi connectivity index (χ1n) is 19.0. The third kappa shape index (κ3) is 13.2. The molecule has 6 rings (SSSR count). The summed E-state index contributed by atoms with van der Waals surface area (Å²) in [5.41, 5.74) is 0.599. The lowest BCUT2D eigenvalue weighted by Crippen LogP contribution is -2.40. The number of hydrogen-bond donors (Lipinski definition) is 3. The molecular formula is C39H59BrN10O8Si2. The number of hydrogen-bond acceptors (Lipinski definition) is 12. The molecule has 0 atom stereocenters. The summed E-state index contributed by atoms with van der Waals surface area (Å²) in [5, 5.41) is 20.0. The number of halogens is 1. The van der Waals surface area contributed by atoms with Crippen molar-refractivity contribution in [2.24, 2.45) is 14.1 Å². The van der Waals surface area contributed by atoms with Crippen molar-refractivity contribution >= 4 is 54.4 Å². The van der Waals surface area contributed by atoms with Crippen molar-refractivity contribution in [3.05, 3.63) is 114 Å². The van der Waals surface area contributed by atoms with Crippen LogP contribution in [-0.2, 0) is 62.1 Å². The van der Waals surface area contributed by atoms with Gasteiger partial charge in [0.25, 0.3) is 11.1 Å². The molecule has 0 fully saturated rings. The van der Waals surface area contributed by atoms with E-state index in [0.717, 1.165) is 27.7 Å². The first-order chi connectivity index (χ1) is 27.9. The first kappa shape index (κ1) is 49.7. The van der Waals surface area contributed by atoms with E-state index in [1.807, 2.05) is 18.2 Å².